The van der Waals surface area contributed by atoms with Gasteiger partial charge in [-0.3, -0.25) is 4.79 Å². The summed E-state index contributed by atoms with van der Waals surface area (Å²) in [6, 6.07) is 6.03. The lowest BCUT2D eigenvalue weighted by molar-refractivity contribution is 0.101. The van der Waals surface area contributed by atoms with Crippen LogP contribution in [0.5, 0.6) is 5.75 Å². The van der Waals surface area contributed by atoms with Crippen molar-refractivity contribution in [3.05, 3.63) is 46.4 Å². The average Bonchev–Trinajstić information content (AvgIpc) is 2.72. The fraction of sp³-hybridized carbons (Fsp3) is 0.214. The first-order valence-electron chi connectivity index (χ1n) is 6.07. The summed E-state index contributed by atoms with van der Waals surface area (Å²) >= 11 is 3.30. The number of rotatable bonds is 4. The van der Waals surface area contributed by atoms with Gasteiger partial charge >= 0.3 is 0 Å². The number of amides is 1. The summed E-state index contributed by atoms with van der Waals surface area (Å²) in [6.07, 6.45) is 1.77. The molecule has 1 heterocycles. The fourth-order valence-electron chi connectivity index (χ4n) is 1.80. The van der Waals surface area contributed by atoms with Crippen LogP contribution in [-0.2, 0) is 7.05 Å². The zero-order valence-corrected chi connectivity index (χ0v) is 12.7. The predicted molar refractivity (Wildman–Crippen MR) is 78.6 cm³/mol. The van der Waals surface area contributed by atoms with E-state index < -0.39 is 5.82 Å². The summed E-state index contributed by atoms with van der Waals surface area (Å²) in [5.41, 5.74) is 0.861. The van der Waals surface area contributed by atoms with Crippen molar-refractivity contribution >= 4 is 27.5 Å². The van der Waals surface area contributed by atoms with Gasteiger partial charge in [0, 0.05) is 29.5 Å². The van der Waals surface area contributed by atoms with Crippen molar-refractivity contribution in [3.8, 4) is 5.75 Å². The van der Waals surface area contributed by atoms with E-state index in [1.165, 1.54) is 12.1 Å². The number of nitrogens with zero attached hydrogens (tertiary/aromatic N) is 1. The highest BCUT2D eigenvalue weighted by molar-refractivity contribution is 9.10. The number of halogens is 2. The zero-order valence-electron chi connectivity index (χ0n) is 11.1. The lowest BCUT2D eigenvalue weighted by Gasteiger charge is -2.08. The molecule has 0 saturated heterocycles. The van der Waals surface area contributed by atoms with Crippen LogP contribution in [0.15, 0.2) is 34.9 Å². The second-order valence-electron chi connectivity index (χ2n) is 4.19. The largest absolute Gasteiger partial charge is 0.491 e. The van der Waals surface area contributed by atoms with Crippen molar-refractivity contribution in [3.63, 3.8) is 0 Å². The minimum absolute atomic E-state index is 0.173. The molecule has 0 aliphatic rings. The standard InChI is InChI=1S/C14H14BrFN2O2/c1-3-20-13-5-4-10(7-11(13)16)17-14(19)12-6-9(15)8-18(12)2/h4-8H,3H2,1-2H3,(H,17,19). The van der Waals surface area contributed by atoms with E-state index in [2.05, 4.69) is 21.2 Å². The molecule has 0 aliphatic heterocycles. The Hall–Kier alpha value is -1.82. The molecular weight excluding hydrogens is 327 g/mol. The Morgan fingerprint density at radius 2 is 2.20 bits per heavy atom. The van der Waals surface area contributed by atoms with Gasteiger partial charge in [-0.1, -0.05) is 0 Å². The van der Waals surface area contributed by atoms with Gasteiger partial charge in [0.25, 0.3) is 5.91 Å². The second kappa shape index (κ2) is 6.09. The van der Waals surface area contributed by atoms with E-state index in [4.69, 9.17) is 4.74 Å². The second-order valence-corrected chi connectivity index (χ2v) is 5.10. The van der Waals surface area contributed by atoms with E-state index in [0.717, 1.165) is 4.47 Å². The van der Waals surface area contributed by atoms with Crippen LogP contribution in [0, 0.1) is 5.82 Å². The van der Waals surface area contributed by atoms with Crippen LogP contribution in [0.4, 0.5) is 10.1 Å². The van der Waals surface area contributed by atoms with E-state index in [-0.39, 0.29) is 11.7 Å². The first kappa shape index (κ1) is 14.6. The number of hydrogen-bond acceptors (Lipinski definition) is 2. The molecule has 1 aromatic carbocycles. The monoisotopic (exact) mass is 340 g/mol. The van der Waals surface area contributed by atoms with Crippen molar-refractivity contribution in [2.75, 3.05) is 11.9 Å². The Bertz CT molecular complexity index is 640. The molecule has 1 aromatic heterocycles. The Labute approximate surface area is 124 Å². The molecule has 0 spiro atoms. The Kier molecular flexibility index (Phi) is 4.44. The molecule has 0 unspecified atom stereocenters. The highest BCUT2D eigenvalue weighted by Crippen LogP contribution is 2.22. The third-order valence-corrected chi connectivity index (χ3v) is 3.13. The summed E-state index contributed by atoms with van der Waals surface area (Å²) in [4.78, 5) is 12.1. The number of nitrogens with one attached hydrogen (secondary N) is 1. The molecule has 0 fully saturated rings. The Balaban J connectivity index is 2.16. The van der Waals surface area contributed by atoms with Gasteiger partial charge in [-0.25, -0.2) is 4.39 Å². The molecule has 2 rings (SSSR count). The van der Waals surface area contributed by atoms with Crippen molar-refractivity contribution in [2.24, 2.45) is 7.05 Å². The van der Waals surface area contributed by atoms with Gasteiger partial charge < -0.3 is 14.6 Å². The molecule has 106 valence electrons. The van der Waals surface area contributed by atoms with Crippen LogP contribution in [0.25, 0.3) is 0 Å². The Morgan fingerprint density at radius 1 is 1.45 bits per heavy atom. The molecule has 0 saturated carbocycles. The number of carbonyl (C=O) groups is 1. The van der Waals surface area contributed by atoms with E-state index in [1.54, 1.807) is 36.9 Å². The molecule has 4 nitrogen and oxygen atoms in total. The number of aromatic nitrogens is 1. The first-order valence-corrected chi connectivity index (χ1v) is 6.86. The molecule has 1 amide bonds. The van der Waals surface area contributed by atoms with Gasteiger partial charge in [0.15, 0.2) is 11.6 Å². The van der Waals surface area contributed by atoms with Crippen molar-refractivity contribution in [1.29, 1.82) is 0 Å². The maximum atomic E-state index is 13.7. The minimum Gasteiger partial charge on any atom is -0.491 e. The molecule has 2 aromatic rings. The molecule has 0 bridgehead atoms. The molecular formula is C14H14BrFN2O2. The topological polar surface area (TPSA) is 43.3 Å². The smallest absolute Gasteiger partial charge is 0.272 e. The predicted octanol–water partition coefficient (Wildman–Crippen LogP) is 3.58. The molecule has 6 heteroatoms. The SMILES string of the molecule is CCOc1ccc(NC(=O)c2cc(Br)cn2C)cc1F. The highest BCUT2D eigenvalue weighted by Gasteiger charge is 2.12. The molecule has 0 aliphatic carbocycles. The van der Waals surface area contributed by atoms with Crippen molar-refractivity contribution in [1.82, 2.24) is 4.57 Å². The van der Waals surface area contributed by atoms with Crippen molar-refractivity contribution < 1.29 is 13.9 Å². The van der Waals surface area contributed by atoms with Crippen molar-refractivity contribution in [2.45, 2.75) is 6.92 Å². The van der Waals surface area contributed by atoms with Gasteiger partial charge in [-0.2, -0.15) is 0 Å². The maximum absolute atomic E-state index is 13.7. The number of carbonyl (C=O) groups excluding carboxylic acids is 1. The highest BCUT2D eigenvalue weighted by atomic mass is 79.9. The van der Waals surface area contributed by atoms with Crippen LogP contribution < -0.4 is 10.1 Å². The molecule has 0 atom stereocenters. The summed E-state index contributed by atoms with van der Waals surface area (Å²) in [7, 11) is 1.76. The van der Waals surface area contributed by atoms with Crippen LogP contribution in [0.3, 0.4) is 0 Å². The van der Waals surface area contributed by atoms with Crippen LogP contribution >= 0.6 is 15.9 Å². The van der Waals surface area contributed by atoms with Crippen LogP contribution in [-0.4, -0.2) is 17.1 Å². The van der Waals surface area contributed by atoms with Gasteiger partial charge in [-0.15, -0.1) is 0 Å². The Morgan fingerprint density at radius 3 is 2.75 bits per heavy atom. The fourth-order valence-corrected chi connectivity index (χ4v) is 2.32. The van der Waals surface area contributed by atoms with Crippen LogP contribution in [0.2, 0.25) is 0 Å². The van der Waals surface area contributed by atoms with E-state index in [1.807, 2.05) is 0 Å². The number of aryl methyl sites for hydroxylation is 1. The third kappa shape index (κ3) is 3.19. The summed E-state index contributed by atoms with van der Waals surface area (Å²) in [6.45, 7) is 2.17. The number of anilines is 1. The van der Waals surface area contributed by atoms with E-state index >= 15 is 0 Å². The molecule has 20 heavy (non-hydrogen) atoms. The van der Waals surface area contributed by atoms with Gasteiger partial charge in [-0.05, 0) is 41.1 Å². The number of ether oxygens (including phenoxy) is 1. The minimum atomic E-state index is -0.502. The number of hydrogen-bond donors (Lipinski definition) is 1. The van der Waals surface area contributed by atoms with E-state index in [0.29, 0.717) is 18.0 Å². The van der Waals surface area contributed by atoms with Crippen LogP contribution in [0.1, 0.15) is 17.4 Å². The summed E-state index contributed by atoms with van der Waals surface area (Å²) in [5, 5.41) is 2.65. The third-order valence-electron chi connectivity index (χ3n) is 2.69. The molecule has 0 radical (unpaired) electrons. The first-order chi connectivity index (χ1) is 9.51. The summed E-state index contributed by atoms with van der Waals surface area (Å²) < 4.78 is 21.3. The molecule has 1 N–H and O–H groups in total. The quantitative estimate of drug-likeness (QED) is 0.924. The normalized spacial score (nSPS) is 10.4. The number of benzene rings is 1. The lowest BCUT2D eigenvalue weighted by atomic mass is 10.2. The average molecular weight is 341 g/mol. The zero-order chi connectivity index (χ0) is 14.7. The van der Waals surface area contributed by atoms with E-state index in [9.17, 15) is 9.18 Å². The van der Waals surface area contributed by atoms with Gasteiger partial charge in [0.2, 0.25) is 0 Å². The maximum Gasteiger partial charge on any atom is 0.272 e. The van der Waals surface area contributed by atoms with Gasteiger partial charge in [0.05, 0.1) is 6.61 Å². The van der Waals surface area contributed by atoms with Gasteiger partial charge in [0.1, 0.15) is 5.69 Å². The lowest BCUT2D eigenvalue weighted by Crippen LogP contribution is -2.15. The summed E-state index contributed by atoms with van der Waals surface area (Å²) in [5.74, 6) is -0.633.